The molecular weight excluding hydrogens is 330 g/mol. The van der Waals surface area contributed by atoms with Crippen molar-refractivity contribution < 1.29 is 8.42 Å². The van der Waals surface area contributed by atoms with Crippen LogP contribution in [0, 0.1) is 19.3 Å². The number of hydrogen-bond acceptors (Lipinski definition) is 2. The number of aryl methyl sites for hydroxylation is 1. The molecule has 3 rings (SSSR count). The molecule has 25 heavy (non-hydrogen) atoms. The second-order valence-electron chi connectivity index (χ2n) is 5.96. The first-order chi connectivity index (χ1) is 12.0. The molecule has 0 aliphatic rings. The molecule has 3 aromatic rings. The van der Waals surface area contributed by atoms with E-state index in [1.165, 1.54) is 0 Å². The highest BCUT2D eigenvalue weighted by Gasteiger charge is 2.22. The maximum atomic E-state index is 12.8. The van der Waals surface area contributed by atoms with E-state index in [0.717, 1.165) is 21.9 Å². The van der Waals surface area contributed by atoms with Crippen molar-refractivity contribution in [3.05, 3.63) is 77.9 Å². The number of sulfonamides is 1. The van der Waals surface area contributed by atoms with Crippen molar-refractivity contribution in [1.82, 2.24) is 4.72 Å². The van der Waals surface area contributed by atoms with Crippen LogP contribution < -0.4 is 4.72 Å². The van der Waals surface area contributed by atoms with Gasteiger partial charge in [-0.15, -0.1) is 12.3 Å². The lowest BCUT2D eigenvalue weighted by atomic mass is 9.98. The molecule has 0 aliphatic carbocycles. The number of terminal acetylenes is 1. The highest BCUT2D eigenvalue weighted by atomic mass is 32.2. The topological polar surface area (TPSA) is 46.2 Å². The number of nitrogens with one attached hydrogen (secondary N) is 1. The molecule has 1 N–H and O–H groups in total. The van der Waals surface area contributed by atoms with Crippen LogP contribution in [0.25, 0.3) is 10.8 Å². The lowest BCUT2D eigenvalue weighted by Crippen LogP contribution is -2.28. The van der Waals surface area contributed by atoms with E-state index in [1.54, 1.807) is 24.3 Å². The molecule has 1 atom stereocenters. The molecule has 0 unspecified atom stereocenters. The summed E-state index contributed by atoms with van der Waals surface area (Å²) in [5.41, 5.74) is 1.89. The average molecular weight is 349 g/mol. The summed E-state index contributed by atoms with van der Waals surface area (Å²) in [5.74, 6) is 2.59. The second-order valence-corrected chi connectivity index (χ2v) is 7.68. The fourth-order valence-electron chi connectivity index (χ4n) is 2.86. The Labute approximate surface area is 148 Å². The van der Waals surface area contributed by atoms with Crippen molar-refractivity contribution in [2.45, 2.75) is 24.3 Å². The molecule has 3 aromatic carbocycles. The van der Waals surface area contributed by atoms with Crippen molar-refractivity contribution in [3.63, 3.8) is 0 Å². The summed E-state index contributed by atoms with van der Waals surface area (Å²) >= 11 is 0. The summed E-state index contributed by atoms with van der Waals surface area (Å²) in [7, 11) is -3.66. The Morgan fingerprint density at radius 3 is 2.40 bits per heavy atom. The van der Waals surface area contributed by atoms with E-state index in [1.807, 2.05) is 49.4 Å². The van der Waals surface area contributed by atoms with Gasteiger partial charge < -0.3 is 0 Å². The van der Waals surface area contributed by atoms with Crippen molar-refractivity contribution >= 4 is 20.8 Å². The molecule has 0 amide bonds. The van der Waals surface area contributed by atoms with Gasteiger partial charge in [0.15, 0.2) is 0 Å². The fourth-order valence-corrected chi connectivity index (χ4v) is 4.08. The minimum atomic E-state index is -3.66. The smallest absolute Gasteiger partial charge is 0.207 e. The minimum absolute atomic E-state index is 0.236. The molecule has 126 valence electrons. The minimum Gasteiger partial charge on any atom is -0.207 e. The van der Waals surface area contributed by atoms with E-state index in [9.17, 15) is 8.42 Å². The summed E-state index contributed by atoms with van der Waals surface area (Å²) < 4.78 is 28.3. The van der Waals surface area contributed by atoms with Gasteiger partial charge in [0.25, 0.3) is 0 Å². The zero-order chi connectivity index (χ0) is 17.9. The first-order valence-electron chi connectivity index (χ1n) is 8.01. The van der Waals surface area contributed by atoms with Crippen LogP contribution >= 0.6 is 0 Å². The maximum Gasteiger partial charge on any atom is 0.241 e. The third-order valence-corrected chi connectivity index (χ3v) is 5.64. The highest BCUT2D eigenvalue weighted by Crippen LogP contribution is 2.27. The summed E-state index contributed by atoms with van der Waals surface area (Å²) in [5, 5.41) is 2.05. The zero-order valence-electron chi connectivity index (χ0n) is 13.9. The van der Waals surface area contributed by atoms with Gasteiger partial charge in [-0.25, -0.2) is 13.1 Å². The van der Waals surface area contributed by atoms with Crippen LogP contribution in [0.1, 0.15) is 23.6 Å². The Morgan fingerprint density at radius 1 is 1.00 bits per heavy atom. The standard InChI is InChI=1S/C21H19NO2S/c1-3-7-21(20-11-6-9-17-8-4-5-10-19(17)20)22-25(23,24)18-14-12-16(2)13-15-18/h1,4-6,8-15,21-22H,7H2,2H3/t21-/m1/s1. The largest absolute Gasteiger partial charge is 0.241 e. The molecule has 0 aliphatic heterocycles. The highest BCUT2D eigenvalue weighted by molar-refractivity contribution is 7.89. The normalized spacial score (nSPS) is 12.6. The van der Waals surface area contributed by atoms with E-state index < -0.39 is 16.1 Å². The Hall–Kier alpha value is -2.61. The lowest BCUT2D eigenvalue weighted by Gasteiger charge is -2.19. The molecule has 0 radical (unpaired) electrons. The van der Waals surface area contributed by atoms with Gasteiger partial charge >= 0.3 is 0 Å². The van der Waals surface area contributed by atoms with Crippen LogP contribution in [0.4, 0.5) is 0 Å². The third-order valence-electron chi connectivity index (χ3n) is 4.15. The molecule has 0 saturated heterocycles. The SMILES string of the molecule is C#CC[C@@H](NS(=O)(=O)c1ccc(C)cc1)c1cccc2ccccc12. The summed E-state index contributed by atoms with van der Waals surface area (Å²) in [4.78, 5) is 0.236. The molecule has 0 saturated carbocycles. The molecule has 4 heteroatoms. The van der Waals surface area contributed by atoms with Crippen molar-refractivity contribution in [2.75, 3.05) is 0 Å². The molecular formula is C21H19NO2S. The van der Waals surface area contributed by atoms with E-state index in [0.29, 0.717) is 0 Å². The van der Waals surface area contributed by atoms with Gasteiger partial charge in [0.05, 0.1) is 10.9 Å². The predicted octanol–water partition coefficient (Wildman–Crippen LogP) is 4.19. The van der Waals surface area contributed by atoms with Crippen molar-refractivity contribution in [3.8, 4) is 12.3 Å². The number of benzene rings is 3. The van der Waals surface area contributed by atoms with Crippen LogP contribution in [0.2, 0.25) is 0 Å². The van der Waals surface area contributed by atoms with Gasteiger partial charge in [0.1, 0.15) is 0 Å². The zero-order valence-corrected chi connectivity index (χ0v) is 14.8. The third kappa shape index (κ3) is 3.74. The van der Waals surface area contributed by atoms with Crippen LogP contribution in [0.15, 0.2) is 71.6 Å². The lowest BCUT2D eigenvalue weighted by molar-refractivity contribution is 0.560. The van der Waals surface area contributed by atoms with Crippen molar-refractivity contribution in [1.29, 1.82) is 0 Å². The van der Waals surface area contributed by atoms with Gasteiger partial charge in [-0.2, -0.15) is 0 Å². The maximum absolute atomic E-state index is 12.8. The Bertz CT molecular complexity index is 1030. The van der Waals surface area contributed by atoms with Gasteiger partial charge in [-0.3, -0.25) is 0 Å². The van der Waals surface area contributed by atoms with Crippen LogP contribution in [-0.2, 0) is 10.0 Å². The summed E-state index contributed by atoms with van der Waals surface area (Å²) in [6.07, 6.45) is 5.78. The van der Waals surface area contributed by atoms with Crippen LogP contribution in [-0.4, -0.2) is 8.42 Å². The van der Waals surface area contributed by atoms with Gasteiger partial charge in [0.2, 0.25) is 10.0 Å². The average Bonchev–Trinajstić information content (AvgIpc) is 2.61. The van der Waals surface area contributed by atoms with E-state index in [4.69, 9.17) is 6.42 Å². The number of rotatable bonds is 5. The first-order valence-corrected chi connectivity index (χ1v) is 9.50. The second kappa shape index (κ2) is 7.10. The number of fused-ring (bicyclic) bond motifs is 1. The van der Waals surface area contributed by atoms with Crippen LogP contribution in [0.3, 0.4) is 0 Å². The molecule has 0 aromatic heterocycles. The number of hydrogen-bond donors (Lipinski definition) is 1. The molecule has 3 nitrogen and oxygen atoms in total. The van der Waals surface area contributed by atoms with E-state index in [2.05, 4.69) is 10.6 Å². The van der Waals surface area contributed by atoms with E-state index >= 15 is 0 Å². The Balaban J connectivity index is 2.01. The summed E-state index contributed by atoms with van der Waals surface area (Å²) in [6, 6.07) is 20.0. The molecule has 0 spiro atoms. The molecule has 0 bridgehead atoms. The Kier molecular flexibility index (Phi) is 4.89. The monoisotopic (exact) mass is 349 g/mol. The van der Waals surface area contributed by atoms with Gasteiger partial charge in [0, 0.05) is 6.42 Å². The molecule has 0 fully saturated rings. The molecule has 0 heterocycles. The van der Waals surface area contributed by atoms with Crippen molar-refractivity contribution in [2.24, 2.45) is 0 Å². The van der Waals surface area contributed by atoms with Gasteiger partial charge in [-0.05, 0) is 35.4 Å². The Morgan fingerprint density at radius 2 is 1.68 bits per heavy atom. The quantitative estimate of drug-likeness (QED) is 0.702. The van der Waals surface area contributed by atoms with E-state index in [-0.39, 0.29) is 11.3 Å². The van der Waals surface area contributed by atoms with Crippen LogP contribution in [0.5, 0.6) is 0 Å². The first kappa shape index (κ1) is 17.2. The predicted molar refractivity (Wildman–Crippen MR) is 102 cm³/mol. The fraction of sp³-hybridized carbons (Fsp3) is 0.143. The van der Waals surface area contributed by atoms with Gasteiger partial charge in [-0.1, -0.05) is 60.2 Å². The summed E-state index contributed by atoms with van der Waals surface area (Å²) in [6.45, 7) is 1.92.